The summed E-state index contributed by atoms with van der Waals surface area (Å²) in [7, 11) is 0. The van der Waals surface area contributed by atoms with Gasteiger partial charge < -0.3 is 5.73 Å². The van der Waals surface area contributed by atoms with Crippen molar-refractivity contribution in [2.24, 2.45) is 5.18 Å². The molecule has 0 spiro atoms. The van der Waals surface area contributed by atoms with Crippen LogP contribution in [-0.4, -0.2) is 4.92 Å². The fourth-order valence-corrected chi connectivity index (χ4v) is 1.14. The first-order valence-electron chi connectivity index (χ1n) is 3.13. The number of nitroso groups, excluding NO2 is 1. The predicted octanol–water partition coefficient (Wildman–Crippen LogP) is 2.34. The minimum absolute atomic E-state index is 0.0239. The van der Waals surface area contributed by atoms with Crippen LogP contribution >= 0.6 is 15.9 Å². The van der Waals surface area contributed by atoms with Gasteiger partial charge in [0.1, 0.15) is 0 Å². The van der Waals surface area contributed by atoms with Crippen LogP contribution < -0.4 is 5.73 Å². The van der Waals surface area contributed by atoms with Gasteiger partial charge in [0.15, 0.2) is 0 Å². The average Bonchev–Trinajstić information content (AvgIpc) is 2.09. The molecule has 0 aliphatic rings. The number of anilines is 1. The Morgan fingerprint density at radius 1 is 1.54 bits per heavy atom. The van der Waals surface area contributed by atoms with E-state index in [-0.39, 0.29) is 11.4 Å². The van der Waals surface area contributed by atoms with E-state index in [1.165, 1.54) is 6.07 Å². The molecule has 0 bridgehead atoms. The van der Waals surface area contributed by atoms with Gasteiger partial charge in [-0.05, 0) is 27.2 Å². The van der Waals surface area contributed by atoms with Gasteiger partial charge in [-0.3, -0.25) is 10.1 Å². The minimum atomic E-state index is -0.709. The van der Waals surface area contributed by atoms with Crippen LogP contribution in [-0.2, 0) is 0 Å². The molecule has 1 rings (SSSR count). The summed E-state index contributed by atoms with van der Waals surface area (Å²) in [6.45, 7) is 0. The Labute approximate surface area is 81.0 Å². The molecule has 2 N–H and O–H groups in total. The minimum Gasteiger partial charge on any atom is -0.396 e. The van der Waals surface area contributed by atoms with Gasteiger partial charge in [0.25, 0.3) is 0 Å². The topological polar surface area (TPSA) is 98.6 Å². The molecule has 0 radical (unpaired) electrons. The molecule has 0 aliphatic carbocycles. The van der Waals surface area contributed by atoms with Gasteiger partial charge in [-0.1, -0.05) is 0 Å². The Hall–Kier alpha value is -1.50. The fraction of sp³-hybridized carbons (Fsp3) is 0. The van der Waals surface area contributed by atoms with Crippen molar-refractivity contribution in [3.05, 3.63) is 31.6 Å². The summed E-state index contributed by atoms with van der Waals surface area (Å²) in [4.78, 5) is 19.9. The second-order valence-electron chi connectivity index (χ2n) is 2.18. The summed E-state index contributed by atoms with van der Waals surface area (Å²) in [6, 6.07) is 2.55. The van der Waals surface area contributed by atoms with E-state index in [1.54, 1.807) is 0 Å². The van der Waals surface area contributed by atoms with Crippen molar-refractivity contribution in [3.8, 4) is 0 Å². The lowest BCUT2D eigenvalue weighted by atomic mass is 10.2. The van der Waals surface area contributed by atoms with Gasteiger partial charge in [0.2, 0.25) is 5.69 Å². The Balaban J connectivity index is 3.47. The zero-order valence-corrected chi connectivity index (χ0v) is 7.82. The Morgan fingerprint density at radius 2 is 2.15 bits per heavy atom. The fourth-order valence-electron chi connectivity index (χ4n) is 0.815. The van der Waals surface area contributed by atoms with E-state index >= 15 is 0 Å². The number of benzene rings is 1. The Morgan fingerprint density at radius 3 is 2.62 bits per heavy atom. The SMILES string of the molecule is Nc1c(Br)ccc([N+](=O)[O-])c1N=O. The van der Waals surface area contributed by atoms with Crippen molar-refractivity contribution in [3.63, 3.8) is 0 Å². The predicted molar refractivity (Wildman–Crippen MR) is 50.7 cm³/mol. The van der Waals surface area contributed by atoms with Gasteiger partial charge in [-0.25, -0.2) is 0 Å². The molecule has 1 aromatic rings. The van der Waals surface area contributed by atoms with Crippen LogP contribution in [0.15, 0.2) is 21.8 Å². The van der Waals surface area contributed by atoms with E-state index in [0.717, 1.165) is 6.07 Å². The number of nitrogens with zero attached hydrogens (tertiary/aromatic N) is 2. The number of nitrogens with two attached hydrogens (primary N) is 1. The first-order chi connectivity index (χ1) is 6.07. The van der Waals surface area contributed by atoms with Crippen molar-refractivity contribution < 1.29 is 4.92 Å². The molecule has 0 saturated carbocycles. The number of hydrogen-bond donors (Lipinski definition) is 1. The third kappa shape index (κ3) is 1.64. The van der Waals surface area contributed by atoms with Crippen molar-refractivity contribution in [1.82, 2.24) is 0 Å². The monoisotopic (exact) mass is 245 g/mol. The molecule has 0 heterocycles. The largest absolute Gasteiger partial charge is 0.396 e. The maximum absolute atomic E-state index is 10.4. The van der Waals surface area contributed by atoms with E-state index in [2.05, 4.69) is 21.1 Å². The normalized spacial score (nSPS) is 9.62. The van der Waals surface area contributed by atoms with Gasteiger partial charge in [0.05, 0.1) is 10.6 Å². The van der Waals surface area contributed by atoms with Crippen LogP contribution in [0.1, 0.15) is 0 Å². The summed E-state index contributed by atoms with van der Waals surface area (Å²) >= 11 is 3.02. The molecule has 0 aromatic heterocycles. The van der Waals surface area contributed by atoms with Crippen molar-refractivity contribution in [2.75, 3.05) is 5.73 Å². The number of hydrogen-bond acceptors (Lipinski definition) is 5. The molecule has 0 amide bonds. The van der Waals surface area contributed by atoms with Crippen LogP contribution in [0, 0.1) is 15.0 Å². The lowest BCUT2D eigenvalue weighted by Gasteiger charge is -2.00. The number of rotatable bonds is 2. The molecule has 0 saturated heterocycles. The molecule has 0 fully saturated rings. The summed E-state index contributed by atoms with van der Waals surface area (Å²) in [5, 5.41) is 12.9. The van der Waals surface area contributed by atoms with Crippen LogP contribution in [0.4, 0.5) is 17.1 Å². The molecule has 13 heavy (non-hydrogen) atoms. The zero-order valence-electron chi connectivity index (χ0n) is 6.23. The Kier molecular flexibility index (Phi) is 2.57. The maximum Gasteiger partial charge on any atom is 0.300 e. The third-order valence-corrected chi connectivity index (χ3v) is 2.12. The highest BCUT2D eigenvalue weighted by Crippen LogP contribution is 2.37. The molecule has 7 heteroatoms. The highest BCUT2D eigenvalue weighted by Gasteiger charge is 2.18. The number of halogens is 1. The third-order valence-electron chi connectivity index (χ3n) is 1.43. The molecule has 1 aromatic carbocycles. The highest BCUT2D eigenvalue weighted by atomic mass is 79.9. The average molecular weight is 246 g/mol. The van der Waals surface area contributed by atoms with Gasteiger partial charge in [0, 0.05) is 10.5 Å². The lowest BCUT2D eigenvalue weighted by Crippen LogP contribution is -1.93. The summed E-state index contributed by atoms with van der Waals surface area (Å²) in [5.74, 6) is 0. The van der Waals surface area contributed by atoms with E-state index in [0.29, 0.717) is 4.47 Å². The number of nitro groups is 1. The van der Waals surface area contributed by atoms with Crippen molar-refractivity contribution in [2.45, 2.75) is 0 Å². The zero-order chi connectivity index (χ0) is 10.0. The molecule has 0 unspecified atom stereocenters. The maximum atomic E-state index is 10.4. The smallest absolute Gasteiger partial charge is 0.300 e. The summed E-state index contributed by atoms with van der Waals surface area (Å²) < 4.78 is 0.410. The molecular weight excluding hydrogens is 242 g/mol. The van der Waals surface area contributed by atoms with Crippen LogP contribution in [0.2, 0.25) is 0 Å². The molecule has 0 aliphatic heterocycles. The molecule has 68 valence electrons. The quantitative estimate of drug-likeness (QED) is 0.374. The van der Waals surface area contributed by atoms with Gasteiger partial charge >= 0.3 is 5.69 Å². The first-order valence-corrected chi connectivity index (χ1v) is 3.93. The molecular formula is C6H4BrN3O3. The highest BCUT2D eigenvalue weighted by molar-refractivity contribution is 9.10. The summed E-state index contributed by atoms with van der Waals surface area (Å²) in [5.41, 5.74) is 4.62. The van der Waals surface area contributed by atoms with Crippen LogP contribution in [0.25, 0.3) is 0 Å². The van der Waals surface area contributed by atoms with Crippen molar-refractivity contribution >= 4 is 33.0 Å². The number of nitro benzene ring substituents is 1. The molecule has 0 atom stereocenters. The van der Waals surface area contributed by atoms with Crippen molar-refractivity contribution in [1.29, 1.82) is 0 Å². The van der Waals surface area contributed by atoms with E-state index < -0.39 is 10.6 Å². The van der Waals surface area contributed by atoms with Crippen LogP contribution in [0.5, 0.6) is 0 Å². The first kappa shape index (κ1) is 9.59. The van der Waals surface area contributed by atoms with Crippen LogP contribution in [0.3, 0.4) is 0 Å². The van der Waals surface area contributed by atoms with E-state index in [4.69, 9.17) is 5.73 Å². The van der Waals surface area contributed by atoms with E-state index in [9.17, 15) is 15.0 Å². The van der Waals surface area contributed by atoms with Gasteiger partial charge in [-0.15, -0.1) is 4.91 Å². The molecule has 6 nitrogen and oxygen atoms in total. The standard InChI is InChI=1S/C6H4BrN3O3/c7-3-1-2-4(10(12)13)6(9-11)5(3)8/h1-2H,8H2. The Bertz CT molecular complexity index is 380. The van der Waals surface area contributed by atoms with E-state index in [1.807, 2.05) is 0 Å². The lowest BCUT2D eigenvalue weighted by molar-refractivity contribution is -0.384. The second-order valence-corrected chi connectivity index (χ2v) is 3.03. The second kappa shape index (κ2) is 3.48. The summed E-state index contributed by atoms with van der Waals surface area (Å²) in [6.07, 6.45) is 0. The number of nitrogen functional groups attached to an aromatic ring is 1. The van der Waals surface area contributed by atoms with Gasteiger partial charge in [-0.2, -0.15) is 0 Å².